The summed E-state index contributed by atoms with van der Waals surface area (Å²) in [5, 5.41) is 3.44. The lowest BCUT2D eigenvalue weighted by atomic mass is 10.4. The highest BCUT2D eigenvalue weighted by Gasteiger charge is 2.47. The van der Waals surface area contributed by atoms with Gasteiger partial charge in [0, 0.05) is 7.11 Å². The quantitative estimate of drug-likeness (QED) is 0.176. The molecule has 0 unspecified atom stereocenters. The second kappa shape index (κ2) is 12.6. The third-order valence-corrected chi connectivity index (χ3v) is 8.96. The molecular weight excluding hydrogens is 463 g/mol. The van der Waals surface area contributed by atoms with Gasteiger partial charge in [-0.2, -0.15) is 0 Å². The Kier molecular flexibility index (Phi) is 10.2. The average Bonchev–Trinajstić information content (AvgIpc) is 2.79. The molecule has 3 rings (SSSR count). The summed E-state index contributed by atoms with van der Waals surface area (Å²) < 4.78 is 15.7. The van der Waals surface area contributed by atoms with E-state index < -0.39 is 7.26 Å². The molecule has 0 amide bonds. The van der Waals surface area contributed by atoms with E-state index in [9.17, 15) is 4.79 Å². The third kappa shape index (κ3) is 5.99. The van der Waals surface area contributed by atoms with Gasteiger partial charge in [-0.05, 0) is 36.4 Å². The van der Waals surface area contributed by atoms with Gasteiger partial charge >= 0.3 is 5.97 Å². The summed E-state index contributed by atoms with van der Waals surface area (Å²) in [5.41, 5.74) is 0. The van der Waals surface area contributed by atoms with Crippen molar-refractivity contribution in [3.05, 3.63) is 91.0 Å². The van der Waals surface area contributed by atoms with E-state index in [0.29, 0.717) is 13.2 Å². The van der Waals surface area contributed by atoms with Crippen LogP contribution >= 0.6 is 7.26 Å². The molecule has 3 aromatic rings. The highest BCUT2D eigenvalue weighted by atomic mass is 79.9. The Morgan fingerprint density at radius 2 is 1.17 bits per heavy atom. The summed E-state index contributed by atoms with van der Waals surface area (Å²) in [6.07, 6.45) is 0.276. The van der Waals surface area contributed by atoms with Gasteiger partial charge in [0.25, 0.3) is 0 Å². The lowest BCUT2D eigenvalue weighted by molar-refractivity contribution is -0.153. The van der Waals surface area contributed by atoms with Crippen molar-refractivity contribution < 1.29 is 36.0 Å². The number of carbonyl (C=O) groups excluding carboxylic acids is 1. The Balaban J connectivity index is 0.00000320. The zero-order chi connectivity index (χ0) is 20.4. The molecule has 0 aliphatic heterocycles. The highest BCUT2D eigenvalue weighted by Crippen LogP contribution is 2.55. The second-order valence-corrected chi connectivity index (χ2v) is 9.99. The maximum Gasteiger partial charge on any atom is 0.347 e. The topological polar surface area (TPSA) is 44.8 Å². The van der Waals surface area contributed by atoms with Gasteiger partial charge in [-0.3, -0.25) is 0 Å². The molecule has 0 aromatic heterocycles. The molecule has 0 spiro atoms. The zero-order valence-corrected chi connectivity index (χ0v) is 19.4. The molecule has 0 atom stereocenters. The predicted molar refractivity (Wildman–Crippen MR) is 119 cm³/mol. The van der Waals surface area contributed by atoms with E-state index in [0.717, 1.165) is 15.9 Å². The average molecular weight is 489 g/mol. The normalized spacial score (nSPS) is 10.8. The Bertz CT molecular complexity index is 779. The summed E-state index contributed by atoms with van der Waals surface area (Å²) >= 11 is 0. The van der Waals surface area contributed by atoms with Gasteiger partial charge < -0.3 is 31.2 Å². The van der Waals surface area contributed by atoms with E-state index in [-0.39, 0.29) is 35.9 Å². The molecule has 0 aliphatic carbocycles. The number of rotatable bonds is 10. The maximum atomic E-state index is 12.9. The molecule has 0 N–H and O–H groups in total. The van der Waals surface area contributed by atoms with Gasteiger partial charge in [0.2, 0.25) is 0 Å². The van der Waals surface area contributed by atoms with Crippen LogP contribution in [0.5, 0.6) is 0 Å². The Labute approximate surface area is 189 Å². The van der Waals surface area contributed by atoms with Crippen molar-refractivity contribution in [2.24, 2.45) is 0 Å². The molecule has 0 bridgehead atoms. The molecule has 0 saturated carbocycles. The first-order valence-electron chi connectivity index (χ1n) is 9.54. The van der Waals surface area contributed by atoms with Gasteiger partial charge in [0.1, 0.15) is 23.2 Å². The molecule has 0 radical (unpaired) electrons. The second-order valence-electron chi connectivity index (χ2n) is 6.51. The molecule has 0 fully saturated rings. The van der Waals surface area contributed by atoms with Crippen LogP contribution in [0.25, 0.3) is 0 Å². The van der Waals surface area contributed by atoms with Crippen LogP contribution in [0.1, 0.15) is 0 Å². The number of esters is 1. The fraction of sp³-hybridized carbons (Fsp3) is 0.208. The number of carbonyl (C=O) groups is 1. The summed E-state index contributed by atoms with van der Waals surface area (Å²) in [6, 6.07) is 30.8. The SMILES string of the molecule is COCCOCOC(=O)C[P+](c1ccccc1)(c1ccccc1)c1ccccc1.[Br-]. The van der Waals surface area contributed by atoms with Crippen LogP contribution in [-0.4, -0.2) is 39.2 Å². The van der Waals surface area contributed by atoms with Crippen LogP contribution in [-0.2, 0) is 19.0 Å². The summed E-state index contributed by atoms with van der Waals surface area (Å²) in [5.74, 6) is -0.271. The molecular formula is C24H26BrO4P. The van der Waals surface area contributed by atoms with Crippen molar-refractivity contribution in [3.63, 3.8) is 0 Å². The minimum atomic E-state index is -2.23. The standard InChI is InChI=1S/C24H26O4P.BrH/c1-26-17-18-27-20-28-24(25)19-29(21-11-5-2-6-12-21,22-13-7-3-8-14-22)23-15-9-4-10-16-23;/h2-16H,17-20H2,1H3;1H/q+1;/p-1. The zero-order valence-electron chi connectivity index (χ0n) is 16.9. The van der Waals surface area contributed by atoms with Crippen LogP contribution in [0.3, 0.4) is 0 Å². The lowest BCUT2D eigenvalue weighted by Crippen LogP contribution is -3.00. The lowest BCUT2D eigenvalue weighted by Gasteiger charge is -2.26. The van der Waals surface area contributed by atoms with E-state index in [1.807, 2.05) is 54.6 Å². The van der Waals surface area contributed by atoms with Crippen molar-refractivity contribution in [2.45, 2.75) is 0 Å². The van der Waals surface area contributed by atoms with Crippen LogP contribution in [0.15, 0.2) is 91.0 Å². The smallest absolute Gasteiger partial charge is 0.347 e. The first-order valence-corrected chi connectivity index (χ1v) is 11.5. The number of benzene rings is 3. The minimum Gasteiger partial charge on any atom is -1.00 e. The minimum absolute atomic E-state index is 0. The van der Waals surface area contributed by atoms with Crippen molar-refractivity contribution >= 4 is 29.1 Å². The summed E-state index contributed by atoms with van der Waals surface area (Å²) in [4.78, 5) is 12.9. The largest absolute Gasteiger partial charge is 1.00 e. The predicted octanol–water partition coefficient (Wildman–Crippen LogP) is 0.148. The van der Waals surface area contributed by atoms with Gasteiger partial charge in [-0.25, -0.2) is 4.79 Å². The monoisotopic (exact) mass is 488 g/mol. The fourth-order valence-corrected chi connectivity index (χ4v) is 7.28. The Morgan fingerprint density at radius 3 is 1.57 bits per heavy atom. The molecule has 3 aromatic carbocycles. The van der Waals surface area contributed by atoms with Gasteiger partial charge in [-0.15, -0.1) is 0 Å². The molecule has 0 aliphatic rings. The number of halogens is 1. The molecule has 158 valence electrons. The number of hydrogen-bond donors (Lipinski definition) is 0. The van der Waals surface area contributed by atoms with Gasteiger partial charge in [0.15, 0.2) is 13.0 Å². The van der Waals surface area contributed by atoms with Crippen molar-refractivity contribution in [2.75, 3.05) is 33.3 Å². The molecule has 30 heavy (non-hydrogen) atoms. The molecule has 0 saturated heterocycles. The third-order valence-electron chi connectivity index (χ3n) is 4.69. The van der Waals surface area contributed by atoms with E-state index in [1.54, 1.807) is 7.11 Å². The Hall–Kier alpha value is -2.04. The van der Waals surface area contributed by atoms with Crippen LogP contribution in [0, 0.1) is 0 Å². The van der Waals surface area contributed by atoms with Crippen LogP contribution < -0.4 is 32.9 Å². The Morgan fingerprint density at radius 1 is 0.733 bits per heavy atom. The maximum absolute atomic E-state index is 12.9. The number of ether oxygens (including phenoxy) is 3. The van der Waals surface area contributed by atoms with Crippen molar-refractivity contribution in [1.82, 2.24) is 0 Å². The number of methoxy groups -OCH3 is 1. The van der Waals surface area contributed by atoms with E-state index in [1.165, 1.54) is 0 Å². The van der Waals surface area contributed by atoms with E-state index >= 15 is 0 Å². The molecule has 6 heteroatoms. The van der Waals surface area contributed by atoms with Crippen molar-refractivity contribution in [1.29, 1.82) is 0 Å². The van der Waals surface area contributed by atoms with Gasteiger partial charge in [0.05, 0.1) is 13.2 Å². The van der Waals surface area contributed by atoms with E-state index in [2.05, 4.69) is 36.4 Å². The summed E-state index contributed by atoms with van der Waals surface area (Å²) in [6.45, 7) is 0.785. The summed E-state index contributed by atoms with van der Waals surface area (Å²) in [7, 11) is -0.621. The van der Waals surface area contributed by atoms with Crippen molar-refractivity contribution in [3.8, 4) is 0 Å². The molecule has 0 heterocycles. The van der Waals surface area contributed by atoms with Gasteiger partial charge in [-0.1, -0.05) is 54.6 Å². The van der Waals surface area contributed by atoms with E-state index in [4.69, 9.17) is 14.2 Å². The highest BCUT2D eigenvalue weighted by molar-refractivity contribution is 7.96. The fourth-order valence-electron chi connectivity index (χ4n) is 3.32. The first-order chi connectivity index (χ1) is 14.3. The molecule has 4 nitrogen and oxygen atoms in total. The number of hydrogen-bond acceptors (Lipinski definition) is 4. The van der Waals surface area contributed by atoms with Crippen LogP contribution in [0.2, 0.25) is 0 Å². The first kappa shape index (κ1) is 24.2. The van der Waals surface area contributed by atoms with Crippen LogP contribution in [0.4, 0.5) is 0 Å².